The zero-order valence-corrected chi connectivity index (χ0v) is 13.6. The summed E-state index contributed by atoms with van der Waals surface area (Å²) in [6, 6.07) is 11.8. The second-order valence-corrected chi connectivity index (χ2v) is 6.09. The SMILES string of the molecule is CCCCN1C(=O)[C@@H](NC(C)=O)Cc2c1ccc1ccccc21. The summed E-state index contributed by atoms with van der Waals surface area (Å²) in [6.45, 7) is 4.26. The molecule has 1 N–H and O–H groups in total. The Morgan fingerprint density at radius 3 is 2.78 bits per heavy atom. The van der Waals surface area contributed by atoms with Crippen molar-refractivity contribution < 1.29 is 9.59 Å². The Morgan fingerprint density at radius 1 is 1.26 bits per heavy atom. The van der Waals surface area contributed by atoms with Gasteiger partial charge in [0.05, 0.1) is 0 Å². The van der Waals surface area contributed by atoms with E-state index in [1.165, 1.54) is 6.92 Å². The summed E-state index contributed by atoms with van der Waals surface area (Å²) < 4.78 is 0. The van der Waals surface area contributed by atoms with E-state index in [1.807, 2.05) is 23.1 Å². The van der Waals surface area contributed by atoms with Gasteiger partial charge in [0.15, 0.2) is 0 Å². The van der Waals surface area contributed by atoms with E-state index in [0.29, 0.717) is 13.0 Å². The Labute approximate surface area is 136 Å². The quantitative estimate of drug-likeness (QED) is 0.943. The number of benzene rings is 2. The van der Waals surface area contributed by atoms with Gasteiger partial charge in [0, 0.05) is 25.6 Å². The highest BCUT2D eigenvalue weighted by Crippen LogP contribution is 2.34. The highest BCUT2D eigenvalue weighted by molar-refractivity contribution is 6.05. The van der Waals surface area contributed by atoms with Crippen molar-refractivity contribution in [3.63, 3.8) is 0 Å². The van der Waals surface area contributed by atoms with Crippen LogP contribution < -0.4 is 10.2 Å². The van der Waals surface area contributed by atoms with Crippen LogP contribution in [0.5, 0.6) is 0 Å². The van der Waals surface area contributed by atoms with Crippen molar-refractivity contribution in [2.75, 3.05) is 11.4 Å². The maximum Gasteiger partial charge on any atom is 0.249 e. The van der Waals surface area contributed by atoms with E-state index in [-0.39, 0.29) is 11.8 Å². The van der Waals surface area contributed by atoms with Crippen molar-refractivity contribution in [3.05, 3.63) is 42.0 Å². The van der Waals surface area contributed by atoms with Crippen LogP contribution in [0.1, 0.15) is 32.3 Å². The minimum atomic E-state index is -0.470. The molecule has 1 atom stereocenters. The number of anilines is 1. The largest absolute Gasteiger partial charge is 0.344 e. The molecule has 0 spiro atoms. The molecule has 0 unspecified atom stereocenters. The molecule has 2 amide bonds. The number of nitrogens with zero attached hydrogens (tertiary/aromatic N) is 1. The first-order valence-electron chi connectivity index (χ1n) is 8.21. The molecule has 0 bridgehead atoms. The third kappa shape index (κ3) is 2.93. The lowest BCUT2D eigenvalue weighted by molar-refractivity contribution is -0.126. The van der Waals surface area contributed by atoms with Gasteiger partial charge in [0.1, 0.15) is 6.04 Å². The van der Waals surface area contributed by atoms with Crippen molar-refractivity contribution >= 4 is 28.3 Å². The fraction of sp³-hybridized carbons (Fsp3) is 0.368. The molecule has 2 aromatic rings. The maximum atomic E-state index is 12.8. The zero-order chi connectivity index (χ0) is 16.4. The van der Waals surface area contributed by atoms with E-state index in [4.69, 9.17) is 0 Å². The van der Waals surface area contributed by atoms with Gasteiger partial charge in [-0.05, 0) is 28.8 Å². The summed E-state index contributed by atoms with van der Waals surface area (Å²) in [5.41, 5.74) is 2.14. The van der Waals surface area contributed by atoms with Gasteiger partial charge in [-0.25, -0.2) is 0 Å². The van der Waals surface area contributed by atoms with E-state index >= 15 is 0 Å². The molecule has 3 rings (SSSR count). The maximum absolute atomic E-state index is 12.8. The molecule has 1 aliphatic heterocycles. The normalized spacial score (nSPS) is 17.2. The van der Waals surface area contributed by atoms with Crippen molar-refractivity contribution in [2.45, 2.75) is 39.2 Å². The van der Waals surface area contributed by atoms with E-state index in [2.05, 4.69) is 30.4 Å². The van der Waals surface area contributed by atoms with Gasteiger partial charge in [0.25, 0.3) is 0 Å². The average molecular weight is 310 g/mol. The monoisotopic (exact) mass is 310 g/mol. The summed E-state index contributed by atoms with van der Waals surface area (Å²) in [5, 5.41) is 5.14. The lowest BCUT2D eigenvalue weighted by Crippen LogP contribution is -2.52. The number of hydrogen-bond donors (Lipinski definition) is 1. The van der Waals surface area contributed by atoms with Crippen LogP contribution in [0.25, 0.3) is 10.8 Å². The van der Waals surface area contributed by atoms with Gasteiger partial charge in [-0.15, -0.1) is 0 Å². The Kier molecular flexibility index (Phi) is 4.33. The first kappa shape index (κ1) is 15.5. The predicted octanol–water partition coefficient (Wildman–Crippen LogP) is 3.03. The third-order valence-electron chi connectivity index (χ3n) is 4.39. The Balaban J connectivity index is 2.09. The second-order valence-electron chi connectivity index (χ2n) is 6.09. The second kappa shape index (κ2) is 6.41. The van der Waals surface area contributed by atoms with Crippen LogP contribution in [-0.4, -0.2) is 24.4 Å². The Hall–Kier alpha value is -2.36. The molecule has 0 fully saturated rings. The fourth-order valence-corrected chi connectivity index (χ4v) is 3.30. The van der Waals surface area contributed by atoms with E-state index in [1.54, 1.807) is 0 Å². The van der Waals surface area contributed by atoms with Gasteiger partial charge in [-0.2, -0.15) is 0 Å². The summed E-state index contributed by atoms with van der Waals surface area (Å²) in [5.74, 6) is -0.168. The molecule has 2 aromatic carbocycles. The van der Waals surface area contributed by atoms with E-state index in [9.17, 15) is 9.59 Å². The Bertz CT molecular complexity index is 754. The minimum Gasteiger partial charge on any atom is -0.344 e. The van der Waals surface area contributed by atoms with Crippen LogP contribution in [0.15, 0.2) is 36.4 Å². The number of carbonyl (C=O) groups excluding carboxylic acids is 2. The molecule has 0 aliphatic carbocycles. The number of rotatable bonds is 4. The number of carbonyl (C=O) groups is 2. The minimum absolute atomic E-state index is 0.00330. The van der Waals surface area contributed by atoms with Gasteiger partial charge in [0.2, 0.25) is 11.8 Å². The lowest BCUT2D eigenvalue weighted by atomic mass is 9.91. The molecule has 1 aliphatic rings. The average Bonchev–Trinajstić information content (AvgIpc) is 2.54. The number of unbranched alkanes of at least 4 members (excludes halogenated alkanes) is 1. The van der Waals surface area contributed by atoms with Gasteiger partial charge in [-0.3, -0.25) is 9.59 Å². The lowest BCUT2D eigenvalue weighted by Gasteiger charge is -2.35. The first-order valence-corrected chi connectivity index (χ1v) is 8.21. The zero-order valence-electron chi connectivity index (χ0n) is 13.6. The van der Waals surface area contributed by atoms with Crippen molar-refractivity contribution in [1.82, 2.24) is 5.32 Å². The molecule has 1 heterocycles. The molecule has 0 saturated heterocycles. The summed E-state index contributed by atoms with van der Waals surface area (Å²) in [4.78, 5) is 26.1. The van der Waals surface area contributed by atoms with Gasteiger partial charge in [-0.1, -0.05) is 43.7 Å². The van der Waals surface area contributed by atoms with E-state index < -0.39 is 6.04 Å². The summed E-state index contributed by atoms with van der Waals surface area (Å²) in [7, 11) is 0. The smallest absolute Gasteiger partial charge is 0.249 e. The molecule has 0 aromatic heterocycles. The molecule has 23 heavy (non-hydrogen) atoms. The van der Waals surface area contributed by atoms with Crippen molar-refractivity contribution in [3.8, 4) is 0 Å². The van der Waals surface area contributed by atoms with E-state index in [0.717, 1.165) is 34.9 Å². The fourth-order valence-electron chi connectivity index (χ4n) is 3.30. The molecular formula is C19H22N2O2. The molecular weight excluding hydrogens is 288 g/mol. The van der Waals surface area contributed by atoms with Crippen LogP contribution in [0.3, 0.4) is 0 Å². The standard InChI is InChI=1S/C19H22N2O2/c1-3-4-11-21-18-10-9-14-7-5-6-8-15(14)16(18)12-17(19(21)23)20-13(2)22/h5-10,17H,3-4,11-12H2,1-2H3,(H,20,22)/t17-/m0/s1. The number of fused-ring (bicyclic) bond motifs is 3. The number of hydrogen-bond acceptors (Lipinski definition) is 2. The molecule has 4 heteroatoms. The number of amides is 2. The Morgan fingerprint density at radius 2 is 2.04 bits per heavy atom. The molecule has 0 saturated carbocycles. The number of nitrogens with one attached hydrogen (secondary N) is 1. The van der Waals surface area contributed by atoms with Crippen LogP contribution in [0.4, 0.5) is 5.69 Å². The van der Waals surface area contributed by atoms with Crippen LogP contribution in [0, 0.1) is 0 Å². The molecule has 4 nitrogen and oxygen atoms in total. The van der Waals surface area contributed by atoms with Crippen LogP contribution in [0.2, 0.25) is 0 Å². The van der Waals surface area contributed by atoms with Crippen LogP contribution >= 0.6 is 0 Å². The highest BCUT2D eigenvalue weighted by atomic mass is 16.2. The first-order chi connectivity index (χ1) is 11.1. The van der Waals surface area contributed by atoms with Crippen molar-refractivity contribution in [1.29, 1.82) is 0 Å². The topological polar surface area (TPSA) is 49.4 Å². The molecule has 0 radical (unpaired) electrons. The third-order valence-corrected chi connectivity index (χ3v) is 4.39. The van der Waals surface area contributed by atoms with Crippen LogP contribution in [-0.2, 0) is 16.0 Å². The van der Waals surface area contributed by atoms with Gasteiger partial charge >= 0.3 is 0 Å². The molecule has 120 valence electrons. The summed E-state index contributed by atoms with van der Waals surface area (Å²) >= 11 is 0. The predicted molar refractivity (Wildman–Crippen MR) is 92.5 cm³/mol. The summed E-state index contributed by atoms with van der Waals surface area (Å²) in [6.07, 6.45) is 2.53. The van der Waals surface area contributed by atoms with Crippen molar-refractivity contribution in [2.24, 2.45) is 0 Å². The highest BCUT2D eigenvalue weighted by Gasteiger charge is 2.33. The van der Waals surface area contributed by atoms with Gasteiger partial charge < -0.3 is 10.2 Å².